The van der Waals surface area contributed by atoms with Gasteiger partial charge in [0.05, 0.1) is 6.10 Å². The molecule has 2 heterocycles. The Morgan fingerprint density at radius 1 is 1.32 bits per heavy atom. The quantitative estimate of drug-likeness (QED) is 0.560. The van der Waals surface area contributed by atoms with Crippen molar-refractivity contribution in [2.24, 2.45) is 5.73 Å². The Kier molecular flexibility index (Phi) is 2.97. The number of aryl methyl sites for hydroxylation is 1. The number of anilines is 1. The fourth-order valence-electron chi connectivity index (χ4n) is 3.62. The van der Waals surface area contributed by atoms with Crippen LogP contribution in [0.2, 0.25) is 0 Å². The zero-order chi connectivity index (χ0) is 13.6. The molecule has 0 aromatic heterocycles. The van der Waals surface area contributed by atoms with E-state index < -0.39 is 0 Å². The molecule has 2 aliphatic heterocycles. The summed E-state index contributed by atoms with van der Waals surface area (Å²) in [5.41, 5.74) is 8.80. The van der Waals surface area contributed by atoms with Crippen LogP contribution in [0.1, 0.15) is 36.8 Å². The minimum absolute atomic E-state index is 0.125. The van der Waals surface area contributed by atoms with Gasteiger partial charge in [-0.05, 0) is 50.3 Å². The number of benzene rings is 1. The molecule has 4 nitrogen and oxygen atoms in total. The highest BCUT2D eigenvalue weighted by Gasteiger charge is 2.41. The molecule has 4 heteroatoms. The number of aliphatic hydroxyl groups is 1. The van der Waals surface area contributed by atoms with E-state index in [1.165, 1.54) is 5.56 Å². The zero-order valence-corrected chi connectivity index (χ0v) is 11.3. The number of aliphatic hydroxyl groups excluding tert-OH is 1. The number of nitrogens with two attached hydrogens (primary N) is 1. The van der Waals surface area contributed by atoms with Crippen LogP contribution in [-0.2, 0) is 0 Å². The van der Waals surface area contributed by atoms with Gasteiger partial charge in [0.25, 0.3) is 0 Å². The second-order valence-electron chi connectivity index (χ2n) is 5.85. The molecule has 3 rings (SSSR count). The van der Waals surface area contributed by atoms with Crippen molar-refractivity contribution in [3.05, 3.63) is 29.3 Å². The maximum Gasteiger partial charge on any atom is 0.124 e. The number of nitrogens with zero attached hydrogens (tertiary/aromatic N) is 1. The van der Waals surface area contributed by atoms with Crippen LogP contribution in [0.3, 0.4) is 0 Å². The molecule has 2 bridgehead atoms. The third kappa shape index (κ3) is 2.10. The van der Waals surface area contributed by atoms with Crippen LogP contribution in [0.15, 0.2) is 18.2 Å². The van der Waals surface area contributed by atoms with Gasteiger partial charge in [0.1, 0.15) is 5.84 Å². The van der Waals surface area contributed by atoms with Crippen molar-refractivity contribution in [2.75, 3.05) is 4.90 Å². The van der Waals surface area contributed by atoms with Crippen LogP contribution < -0.4 is 10.6 Å². The third-order valence-electron chi connectivity index (χ3n) is 4.43. The minimum Gasteiger partial charge on any atom is -0.393 e. The molecule has 2 atom stereocenters. The molecule has 0 saturated carbocycles. The molecule has 1 aromatic rings. The van der Waals surface area contributed by atoms with Crippen LogP contribution in [-0.4, -0.2) is 29.1 Å². The van der Waals surface area contributed by atoms with Gasteiger partial charge in [-0.25, -0.2) is 0 Å². The monoisotopic (exact) mass is 259 g/mol. The van der Waals surface area contributed by atoms with Gasteiger partial charge < -0.3 is 15.7 Å². The van der Waals surface area contributed by atoms with E-state index in [1.54, 1.807) is 0 Å². The third-order valence-corrected chi connectivity index (χ3v) is 4.43. The van der Waals surface area contributed by atoms with E-state index >= 15 is 0 Å². The van der Waals surface area contributed by atoms with Gasteiger partial charge in [-0.1, -0.05) is 6.07 Å². The average molecular weight is 259 g/mol. The van der Waals surface area contributed by atoms with Crippen LogP contribution in [0.25, 0.3) is 0 Å². The SMILES string of the molecule is Cc1ccc(C(=N)N)c(N2C3CCC2CC(O)C3)c1. The van der Waals surface area contributed by atoms with E-state index in [0.717, 1.165) is 36.9 Å². The van der Waals surface area contributed by atoms with Gasteiger partial charge in [0, 0.05) is 23.3 Å². The van der Waals surface area contributed by atoms with Crippen molar-refractivity contribution in [3.8, 4) is 0 Å². The largest absolute Gasteiger partial charge is 0.393 e. The minimum atomic E-state index is -0.167. The first-order chi connectivity index (χ1) is 9.06. The Morgan fingerprint density at radius 3 is 2.53 bits per heavy atom. The van der Waals surface area contributed by atoms with E-state index in [9.17, 15) is 5.11 Å². The highest BCUT2D eigenvalue weighted by Crippen LogP contribution is 2.40. The lowest BCUT2D eigenvalue weighted by molar-refractivity contribution is 0.126. The average Bonchev–Trinajstić information content (AvgIpc) is 2.61. The fraction of sp³-hybridized carbons (Fsp3) is 0.533. The number of amidine groups is 1. The Morgan fingerprint density at radius 2 is 1.95 bits per heavy atom. The summed E-state index contributed by atoms with van der Waals surface area (Å²) in [7, 11) is 0. The molecule has 1 aromatic carbocycles. The van der Waals surface area contributed by atoms with Crippen LogP contribution in [0.5, 0.6) is 0 Å². The lowest BCUT2D eigenvalue weighted by Crippen LogP contribution is -2.45. The lowest BCUT2D eigenvalue weighted by atomic mass is 9.97. The number of nitrogens with one attached hydrogen (secondary N) is 1. The van der Waals surface area contributed by atoms with Crippen molar-refractivity contribution in [1.29, 1.82) is 5.41 Å². The number of rotatable bonds is 2. The highest BCUT2D eigenvalue weighted by atomic mass is 16.3. The summed E-state index contributed by atoms with van der Waals surface area (Å²) in [4.78, 5) is 2.40. The number of hydrogen-bond acceptors (Lipinski definition) is 3. The van der Waals surface area contributed by atoms with Crippen molar-refractivity contribution in [1.82, 2.24) is 0 Å². The van der Waals surface area contributed by atoms with Gasteiger partial charge in [0.15, 0.2) is 0 Å². The Hall–Kier alpha value is -1.55. The molecular formula is C15H21N3O. The van der Waals surface area contributed by atoms with Gasteiger partial charge >= 0.3 is 0 Å². The zero-order valence-electron chi connectivity index (χ0n) is 11.3. The Labute approximate surface area is 113 Å². The molecule has 0 spiro atoms. The molecule has 2 saturated heterocycles. The second-order valence-corrected chi connectivity index (χ2v) is 5.85. The predicted molar refractivity (Wildman–Crippen MR) is 76.7 cm³/mol. The summed E-state index contributed by atoms with van der Waals surface area (Å²) in [6.45, 7) is 2.06. The first-order valence-electron chi connectivity index (χ1n) is 6.97. The van der Waals surface area contributed by atoms with E-state index in [1.807, 2.05) is 12.1 Å². The summed E-state index contributed by atoms with van der Waals surface area (Å²) in [5, 5.41) is 17.7. The molecule has 0 amide bonds. The normalized spacial score (nSPS) is 29.6. The van der Waals surface area contributed by atoms with E-state index in [4.69, 9.17) is 11.1 Å². The first kappa shape index (κ1) is 12.5. The van der Waals surface area contributed by atoms with E-state index in [-0.39, 0.29) is 11.9 Å². The van der Waals surface area contributed by atoms with Gasteiger partial charge in [-0.15, -0.1) is 0 Å². The first-order valence-corrected chi connectivity index (χ1v) is 6.97. The van der Waals surface area contributed by atoms with Gasteiger partial charge in [0.2, 0.25) is 0 Å². The molecule has 4 N–H and O–H groups in total. The highest BCUT2D eigenvalue weighted by molar-refractivity contribution is 6.00. The standard InChI is InChI=1S/C15H21N3O/c1-9-2-5-13(15(16)17)14(6-9)18-10-3-4-11(18)8-12(19)7-10/h2,5-6,10-12,19H,3-4,7-8H2,1H3,(H3,16,17). The van der Waals surface area contributed by atoms with Gasteiger partial charge in [-0.2, -0.15) is 0 Å². The maximum absolute atomic E-state index is 9.89. The van der Waals surface area contributed by atoms with Crippen molar-refractivity contribution in [3.63, 3.8) is 0 Å². The number of nitrogen functional groups attached to an aromatic ring is 1. The molecule has 0 radical (unpaired) electrons. The summed E-state index contributed by atoms with van der Waals surface area (Å²) in [5.74, 6) is 0.125. The molecule has 19 heavy (non-hydrogen) atoms. The summed E-state index contributed by atoms with van der Waals surface area (Å²) in [6, 6.07) is 6.86. The topological polar surface area (TPSA) is 73.3 Å². The van der Waals surface area contributed by atoms with Crippen LogP contribution in [0.4, 0.5) is 5.69 Å². The molecular weight excluding hydrogens is 238 g/mol. The van der Waals surface area contributed by atoms with Crippen molar-refractivity contribution >= 4 is 11.5 Å². The van der Waals surface area contributed by atoms with Crippen molar-refractivity contribution in [2.45, 2.75) is 50.8 Å². The summed E-state index contributed by atoms with van der Waals surface area (Å²) >= 11 is 0. The van der Waals surface area contributed by atoms with E-state index in [2.05, 4.69) is 17.9 Å². The van der Waals surface area contributed by atoms with Crippen LogP contribution >= 0.6 is 0 Å². The smallest absolute Gasteiger partial charge is 0.124 e. The lowest BCUT2D eigenvalue weighted by Gasteiger charge is -2.40. The predicted octanol–water partition coefficient (Wildman–Crippen LogP) is 1.77. The molecule has 2 fully saturated rings. The molecule has 2 unspecified atom stereocenters. The summed E-state index contributed by atoms with van der Waals surface area (Å²) < 4.78 is 0. The molecule has 102 valence electrons. The Bertz CT molecular complexity index is 500. The van der Waals surface area contributed by atoms with E-state index in [0.29, 0.717) is 12.1 Å². The number of fused-ring (bicyclic) bond motifs is 2. The van der Waals surface area contributed by atoms with Crippen LogP contribution in [0, 0.1) is 12.3 Å². The van der Waals surface area contributed by atoms with Gasteiger partial charge in [-0.3, -0.25) is 5.41 Å². The molecule has 0 aliphatic carbocycles. The fourth-order valence-corrected chi connectivity index (χ4v) is 3.62. The Balaban J connectivity index is 2.03. The second kappa shape index (κ2) is 4.53. The maximum atomic E-state index is 9.89. The number of hydrogen-bond donors (Lipinski definition) is 3. The summed E-state index contributed by atoms with van der Waals surface area (Å²) in [6.07, 6.45) is 3.77. The van der Waals surface area contributed by atoms with Crippen molar-refractivity contribution < 1.29 is 5.11 Å². The molecule has 2 aliphatic rings. The number of piperidine rings is 1.